The number of amides is 1. The van der Waals surface area contributed by atoms with Crippen LogP contribution in [0.15, 0.2) is 0 Å². The minimum atomic E-state index is -1.25. The van der Waals surface area contributed by atoms with Crippen LogP contribution >= 0.6 is 0 Å². The average molecular weight is 242 g/mol. The molecule has 0 bridgehead atoms. The Hall–Kier alpha value is -1.14. The van der Waals surface area contributed by atoms with Gasteiger partial charge in [0.2, 0.25) is 5.91 Å². The van der Waals surface area contributed by atoms with Crippen molar-refractivity contribution in [1.29, 1.82) is 0 Å². The second-order valence-corrected chi connectivity index (χ2v) is 5.13. The fraction of sp³-hybridized carbons (Fsp3) is 0.818. The second kappa shape index (κ2) is 4.27. The van der Waals surface area contributed by atoms with Gasteiger partial charge in [-0.05, 0) is 19.3 Å². The number of nitrogens with two attached hydrogens (primary N) is 1. The molecule has 1 saturated carbocycles. The van der Waals surface area contributed by atoms with E-state index in [0.29, 0.717) is 13.0 Å². The van der Waals surface area contributed by atoms with Gasteiger partial charge in [0, 0.05) is 25.0 Å². The quantitative estimate of drug-likeness (QED) is 0.623. The van der Waals surface area contributed by atoms with Crippen LogP contribution in [0, 0.1) is 0 Å². The molecule has 1 amide bonds. The SMILES string of the molecule is NC1(CC(=O)NC2(C(=O)O)CCOC2)CCC1. The highest BCUT2D eigenvalue weighted by atomic mass is 16.5. The maximum atomic E-state index is 11.8. The molecule has 1 aliphatic carbocycles. The first-order chi connectivity index (χ1) is 7.96. The first-order valence-corrected chi connectivity index (χ1v) is 5.87. The number of carbonyl (C=O) groups excluding carboxylic acids is 1. The molecule has 2 rings (SSSR count). The summed E-state index contributed by atoms with van der Waals surface area (Å²) in [7, 11) is 0. The highest BCUT2D eigenvalue weighted by Crippen LogP contribution is 2.32. The summed E-state index contributed by atoms with van der Waals surface area (Å²) >= 11 is 0. The van der Waals surface area contributed by atoms with Crippen molar-refractivity contribution in [3.63, 3.8) is 0 Å². The summed E-state index contributed by atoms with van der Waals surface area (Å²) in [6.07, 6.45) is 3.21. The Morgan fingerprint density at radius 3 is 2.47 bits per heavy atom. The van der Waals surface area contributed by atoms with Crippen LogP contribution in [0.2, 0.25) is 0 Å². The Morgan fingerprint density at radius 2 is 2.06 bits per heavy atom. The Balaban J connectivity index is 1.94. The molecule has 0 radical (unpaired) electrons. The van der Waals surface area contributed by atoms with Gasteiger partial charge in [0.1, 0.15) is 0 Å². The van der Waals surface area contributed by atoms with Crippen molar-refractivity contribution in [3.8, 4) is 0 Å². The summed E-state index contributed by atoms with van der Waals surface area (Å²) in [5, 5.41) is 11.7. The summed E-state index contributed by atoms with van der Waals surface area (Å²) in [4.78, 5) is 23.0. The van der Waals surface area contributed by atoms with E-state index in [-0.39, 0.29) is 18.9 Å². The zero-order chi connectivity index (χ0) is 12.5. The van der Waals surface area contributed by atoms with Crippen LogP contribution in [0.3, 0.4) is 0 Å². The van der Waals surface area contributed by atoms with Gasteiger partial charge < -0.3 is 20.9 Å². The third-order valence-electron chi connectivity index (χ3n) is 3.67. The molecule has 4 N–H and O–H groups in total. The average Bonchev–Trinajstić information content (AvgIpc) is 2.65. The predicted molar refractivity (Wildman–Crippen MR) is 59.3 cm³/mol. The molecule has 2 aliphatic rings. The van der Waals surface area contributed by atoms with Gasteiger partial charge in [-0.15, -0.1) is 0 Å². The van der Waals surface area contributed by atoms with Crippen LogP contribution in [0.1, 0.15) is 32.1 Å². The highest BCUT2D eigenvalue weighted by Gasteiger charge is 2.45. The van der Waals surface area contributed by atoms with Crippen molar-refractivity contribution < 1.29 is 19.4 Å². The van der Waals surface area contributed by atoms with E-state index >= 15 is 0 Å². The third-order valence-corrected chi connectivity index (χ3v) is 3.67. The van der Waals surface area contributed by atoms with E-state index in [1.807, 2.05) is 0 Å². The summed E-state index contributed by atoms with van der Waals surface area (Å²) < 4.78 is 5.07. The standard InChI is InChI=1S/C11H18N2O4/c12-10(2-1-3-10)6-8(14)13-11(9(15)16)4-5-17-7-11/h1-7,12H2,(H,13,14)(H,15,16). The number of aliphatic carboxylic acids is 1. The van der Waals surface area contributed by atoms with Crippen LogP contribution in [0.25, 0.3) is 0 Å². The fourth-order valence-corrected chi connectivity index (χ4v) is 2.32. The maximum Gasteiger partial charge on any atom is 0.331 e. The van der Waals surface area contributed by atoms with E-state index in [1.54, 1.807) is 0 Å². The molecule has 0 aromatic carbocycles. The second-order valence-electron chi connectivity index (χ2n) is 5.13. The monoisotopic (exact) mass is 242 g/mol. The van der Waals surface area contributed by atoms with Crippen molar-refractivity contribution in [1.82, 2.24) is 5.32 Å². The molecule has 96 valence electrons. The molecule has 0 aromatic rings. The number of rotatable bonds is 4. The zero-order valence-electron chi connectivity index (χ0n) is 9.70. The smallest absolute Gasteiger partial charge is 0.331 e. The Morgan fingerprint density at radius 1 is 1.35 bits per heavy atom. The summed E-state index contributed by atoms with van der Waals surface area (Å²) in [5.74, 6) is -1.33. The first-order valence-electron chi connectivity index (χ1n) is 5.87. The molecule has 1 saturated heterocycles. The number of carbonyl (C=O) groups is 2. The third kappa shape index (κ3) is 2.42. The lowest BCUT2D eigenvalue weighted by molar-refractivity contribution is -0.148. The molecule has 0 aromatic heterocycles. The van der Waals surface area contributed by atoms with Crippen molar-refractivity contribution in [2.45, 2.75) is 43.2 Å². The van der Waals surface area contributed by atoms with E-state index in [2.05, 4.69) is 5.32 Å². The lowest BCUT2D eigenvalue weighted by Gasteiger charge is -2.38. The molecule has 1 aliphatic heterocycles. The summed E-state index contributed by atoms with van der Waals surface area (Å²) in [6, 6.07) is 0. The molecular formula is C11H18N2O4. The number of nitrogens with one attached hydrogen (secondary N) is 1. The van der Waals surface area contributed by atoms with Gasteiger partial charge in [0.25, 0.3) is 0 Å². The van der Waals surface area contributed by atoms with Gasteiger partial charge in [-0.2, -0.15) is 0 Å². The minimum Gasteiger partial charge on any atom is -0.479 e. The number of hydrogen-bond acceptors (Lipinski definition) is 4. The van der Waals surface area contributed by atoms with Crippen molar-refractivity contribution in [3.05, 3.63) is 0 Å². The van der Waals surface area contributed by atoms with Gasteiger partial charge in [-0.25, -0.2) is 4.79 Å². The molecule has 1 heterocycles. The van der Waals surface area contributed by atoms with E-state index in [1.165, 1.54) is 0 Å². The molecule has 2 fully saturated rings. The molecular weight excluding hydrogens is 224 g/mol. The van der Waals surface area contributed by atoms with Crippen LogP contribution in [-0.2, 0) is 14.3 Å². The Labute approximate surface area is 99.5 Å². The molecule has 6 nitrogen and oxygen atoms in total. The zero-order valence-corrected chi connectivity index (χ0v) is 9.70. The van der Waals surface area contributed by atoms with Crippen molar-refractivity contribution in [2.24, 2.45) is 5.73 Å². The normalized spacial score (nSPS) is 30.6. The van der Waals surface area contributed by atoms with Crippen molar-refractivity contribution in [2.75, 3.05) is 13.2 Å². The topological polar surface area (TPSA) is 102 Å². The van der Waals surface area contributed by atoms with Crippen LogP contribution in [-0.4, -0.2) is 41.3 Å². The van der Waals surface area contributed by atoms with E-state index in [0.717, 1.165) is 19.3 Å². The number of carboxylic acid groups (broad SMARTS) is 1. The van der Waals surface area contributed by atoms with Gasteiger partial charge in [-0.1, -0.05) is 0 Å². The largest absolute Gasteiger partial charge is 0.479 e. The number of hydrogen-bond donors (Lipinski definition) is 3. The van der Waals surface area contributed by atoms with E-state index in [9.17, 15) is 9.59 Å². The fourth-order valence-electron chi connectivity index (χ4n) is 2.32. The highest BCUT2D eigenvalue weighted by molar-refractivity contribution is 5.88. The molecule has 0 spiro atoms. The van der Waals surface area contributed by atoms with Crippen LogP contribution in [0.4, 0.5) is 0 Å². The van der Waals surface area contributed by atoms with Crippen molar-refractivity contribution >= 4 is 11.9 Å². The van der Waals surface area contributed by atoms with Gasteiger partial charge in [-0.3, -0.25) is 4.79 Å². The number of carboxylic acids is 1. The van der Waals surface area contributed by atoms with Crippen LogP contribution in [0.5, 0.6) is 0 Å². The lowest BCUT2D eigenvalue weighted by Crippen LogP contribution is -2.58. The Kier molecular flexibility index (Phi) is 3.09. The maximum absolute atomic E-state index is 11.8. The van der Waals surface area contributed by atoms with Gasteiger partial charge in [0.05, 0.1) is 6.61 Å². The van der Waals surface area contributed by atoms with E-state index in [4.69, 9.17) is 15.6 Å². The first kappa shape index (κ1) is 12.3. The summed E-state index contributed by atoms with van der Waals surface area (Å²) in [6.45, 7) is 0.395. The molecule has 6 heteroatoms. The van der Waals surface area contributed by atoms with Crippen LogP contribution < -0.4 is 11.1 Å². The van der Waals surface area contributed by atoms with Gasteiger partial charge >= 0.3 is 5.97 Å². The Bertz CT molecular complexity index is 332. The van der Waals surface area contributed by atoms with E-state index < -0.39 is 17.0 Å². The number of ether oxygens (including phenoxy) is 1. The molecule has 17 heavy (non-hydrogen) atoms. The molecule has 1 unspecified atom stereocenters. The lowest BCUT2D eigenvalue weighted by atomic mass is 9.75. The van der Waals surface area contributed by atoms with Gasteiger partial charge in [0.15, 0.2) is 5.54 Å². The summed E-state index contributed by atoms with van der Waals surface area (Å²) in [5.41, 5.74) is 4.28. The predicted octanol–water partition coefficient (Wildman–Crippen LogP) is -0.382. The molecule has 1 atom stereocenters. The minimum absolute atomic E-state index is 0.0334.